The summed E-state index contributed by atoms with van der Waals surface area (Å²) in [7, 11) is -3.47. The summed E-state index contributed by atoms with van der Waals surface area (Å²) < 4.78 is 26.0. The van der Waals surface area contributed by atoms with Crippen LogP contribution in [0.15, 0.2) is 35.2 Å². The Morgan fingerprint density at radius 3 is 2.68 bits per heavy atom. The van der Waals surface area contributed by atoms with Crippen molar-refractivity contribution < 1.29 is 13.2 Å². The molecule has 0 bridgehead atoms. The molecule has 5 nitrogen and oxygen atoms in total. The first-order valence-electron chi connectivity index (χ1n) is 5.94. The Bertz CT molecular complexity index is 547. The molecular formula is C12H15ClN2O3S. The number of rotatable bonds is 4. The summed E-state index contributed by atoms with van der Waals surface area (Å²) in [5.74, 6) is -0.382. The van der Waals surface area contributed by atoms with Crippen LogP contribution in [0, 0.1) is 0 Å². The fourth-order valence-electron chi connectivity index (χ4n) is 2.07. The van der Waals surface area contributed by atoms with Gasteiger partial charge in [0.25, 0.3) is 0 Å². The van der Waals surface area contributed by atoms with Crippen molar-refractivity contribution in [2.24, 2.45) is 0 Å². The van der Waals surface area contributed by atoms with Crippen LogP contribution < -0.4 is 5.32 Å². The zero-order chi connectivity index (χ0) is 13.9. The summed E-state index contributed by atoms with van der Waals surface area (Å²) in [4.78, 5) is 11.5. The SMILES string of the molecule is O=C(CCl)N[C@H]1CCN(S(=O)(=O)c2ccccc2)C1. The number of carbonyl (C=O) groups is 1. The van der Waals surface area contributed by atoms with Crippen LogP contribution in [0.5, 0.6) is 0 Å². The lowest BCUT2D eigenvalue weighted by molar-refractivity contribution is -0.119. The highest BCUT2D eigenvalue weighted by Crippen LogP contribution is 2.20. The lowest BCUT2D eigenvalue weighted by Gasteiger charge is -2.16. The first-order valence-corrected chi connectivity index (χ1v) is 7.92. The fraction of sp³-hybridized carbons (Fsp3) is 0.417. The summed E-state index contributed by atoms with van der Waals surface area (Å²) in [6.07, 6.45) is 0.606. The Balaban J connectivity index is 2.06. The summed E-state index contributed by atoms with van der Waals surface area (Å²) in [6, 6.07) is 8.13. The number of alkyl halides is 1. The number of nitrogens with zero attached hydrogens (tertiary/aromatic N) is 1. The average Bonchev–Trinajstić information content (AvgIpc) is 2.89. The second kappa shape index (κ2) is 5.90. The van der Waals surface area contributed by atoms with Crippen molar-refractivity contribution in [3.8, 4) is 0 Å². The summed E-state index contributed by atoms with van der Waals surface area (Å²) in [5, 5.41) is 2.71. The number of amides is 1. The normalized spacial score (nSPS) is 20.4. The molecule has 7 heteroatoms. The number of benzene rings is 1. The Morgan fingerprint density at radius 1 is 1.37 bits per heavy atom. The molecule has 1 aliphatic heterocycles. The zero-order valence-corrected chi connectivity index (χ0v) is 11.8. The van der Waals surface area contributed by atoms with E-state index in [1.165, 1.54) is 4.31 Å². The van der Waals surface area contributed by atoms with Crippen LogP contribution in [-0.2, 0) is 14.8 Å². The fourth-order valence-corrected chi connectivity index (χ4v) is 3.67. The summed E-state index contributed by atoms with van der Waals surface area (Å²) >= 11 is 5.41. The molecule has 1 N–H and O–H groups in total. The number of halogens is 1. The summed E-state index contributed by atoms with van der Waals surface area (Å²) in [5.41, 5.74) is 0. The van der Waals surface area contributed by atoms with Crippen LogP contribution in [-0.4, -0.2) is 43.6 Å². The van der Waals surface area contributed by atoms with Gasteiger partial charge in [0, 0.05) is 19.1 Å². The third-order valence-electron chi connectivity index (χ3n) is 3.02. The smallest absolute Gasteiger partial charge is 0.243 e. The minimum Gasteiger partial charge on any atom is -0.351 e. The van der Waals surface area contributed by atoms with Crippen molar-refractivity contribution >= 4 is 27.5 Å². The third kappa shape index (κ3) is 3.26. The molecule has 0 aliphatic carbocycles. The highest BCUT2D eigenvalue weighted by molar-refractivity contribution is 7.89. The van der Waals surface area contributed by atoms with Gasteiger partial charge in [0.1, 0.15) is 5.88 Å². The monoisotopic (exact) mass is 302 g/mol. The number of hydrogen-bond acceptors (Lipinski definition) is 3. The van der Waals surface area contributed by atoms with E-state index >= 15 is 0 Å². The molecular weight excluding hydrogens is 288 g/mol. The molecule has 1 aromatic rings. The average molecular weight is 303 g/mol. The van der Waals surface area contributed by atoms with Crippen molar-refractivity contribution in [1.29, 1.82) is 0 Å². The molecule has 19 heavy (non-hydrogen) atoms. The first-order chi connectivity index (χ1) is 9.04. The van der Waals surface area contributed by atoms with Crippen LogP contribution in [0.2, 0.25) is 0 Å². The number of sulfonamides is 1. The quantitative estimate of drug-likeness (QED) is 0.837. The van der Waals surface area contributed by atoms with Gasteiger partial charge in [-0.3, -0.25) is 4.79 Å². The van der Waals surface area contributed by atoms with Crippen LogP contribution in [0.1, 0.15) is 6.42 Å². The molecule has 0 radical (unpaired) electrons. The second-order valence-electron chi connectivity index (χ2n) is 4.36. The van der Waals surface area contributed by atoms with E-state index in [1.54, 1.807) is 30.3 Å². The molecule has 1 saturated heterocycles. The topological polar surface area (TPSA) is 66.5 Å². The zero-order valence-electron chi connectivity index (χ0n) is 10.3. The van der Waals surface area contributed by atoms with Gasteiger partial charge in [-0.05, 0) is 18.6 Å². The highest BCUT2D eigenvalue weighted by Gasteiger charge is 2.32. The standard InChI is InChI=1S/C12H15ClN2O3S/c13-8-12(16)14-10-6-7-15(9-10)19(17,18)11-4-2-1-3-5-11/h1-5,10H,6-9H2,(H,14,16)/t10-/m0/s1. The van der Waals surface area contributed by atoms with Gasteiger partial charge >= 0.3 is 0 Å². The largest absolute Gasteiger partial charge is 0.351 e. The van der Waals surface area contributed by atoms with E-state index in [4.69, 9.17) is 11.6 Å². The van der Waals surface area contributed by atoms with Crippen molar-refractivity contribution in [1.82, 2.24) is 9.62 Å². The lowest BCUT2D eigenvalue weighted by Crippen LogP contribution is -2.39. The molecule has 0 spiro atoms. The molecule has 1 atom stereocenters. The van der Waals surface area contributed by atoms with E-state index < -0.39 is 10.0 Å². The molecule has 0 unspecified atom stereocenters. The van der Waals surface area contributed by atoms with Crippen molar-refractivity contribution in [3.63, 3.8) is 0 Å². The maximum Gasteiger partial charge on any atom is 0.243 e. The van der Waals surface area contributed by atoms with Gasteiger partial charge in [0.15, 0.2) is 0 Å². The molecule has 1 aromatic carbocycles. The first kappa shape index (κ1) is 14.3. The van der Waals surface area contributed by atoms with E-state index in [-0.39, 0.29) is 22.7 Å². The Kier molecular flexibility index (Phi) is 4.44. The molecule has 1 fully saturated rings. The van der Waals surface area contributed by atoms with Gasteiger partial charge in [0.2, 0.25) is 15.9 Å². The molecule has 2 rings (SSSR count). The number of hydrogen-bond donors (Lipinski definition) is 1. The number of nitrogens with one attached hydrogen (secondary N) is 1. The van der Waals surface area contributed by atoms with Crippen LogP contribution in [0.25, 0.3) is 0 Å². The van der Waals surface area contributed by atoms with E-state index in [2.05, 4.69) is 5.32 Å². The second-order valence-corrected chi connectivity index (χ2v) is 6.57. The molecule has 1 aliphatic rings. The predicted molar refractivity (Wildman–Crippen MR) is 72.5 cm³/mol. The van der Waals surface area contributed by atoms with Crippen LogP contribution >= 0.6 is 11.6 Å². The maximum absolute atomic E-state index is 12.3. The van der Waals surface area contributed by atoms with E-state index in [1.807, 2.05) is 0 Å². The summed E-state index contributed by atoms with van der Waals surface area (Å²) in [6.45, 7) is 0.699. The van der Waals surface area contributed by atoms with Gasteiger partial charge < -0.3 is 5.32 Å². The third-order valence-corrected chi connectivity index (χ3v) is 5.14. The van der Waals surface area contributed by atoms with E-state index in [0.29, 0.717) is 19.5 Å². The van der Waals surface area contributed by atoms with Crippen LogP contribution in [0.3, 0.4) is 0 Å². The van der Waals surface area contributed by atoms with Crippen molar-refractivity contribution in [2.75, 3.05) is 19.0 Å². The van der Waals surface area contributed by atoms with Gasteiger partial charge in [-0.25, -0.2) is 8.42 Å². The Hall–Kier alpha value is -1.11. The molecule has 1 heterocycles. The maximum atomic E-state index is 12.3. The predicted octanol–water partition coefficient (Wildman–Crippen LogP) is 0.805. The Morgan fingerprint density at radius 2 is 2.05 bits per heavy atom. The van der Waals surface area contributed by atoms with Gasteiger partial charge in [-0.2, -0.15) is 4.31 Å². The van der Waals surface area contributed by atoms with Crippen molar-refractivity contribution in [3.05, 3.63) is 30.3 Å². The molecule has 0 aromatic heterocycles. The van der Waals surface area contributed by atoms with Gasteiger partial charge in [-0.15, -0.1) is 11.6 Å². The van der Waals surface area contributed by atoms with Crippen molar-refractivity contribution in [2.45, 2.75) is 17.4 Å². The molecule has 1 amide bonds. The van der Waals surface area contributed by atoms with E-state index in [9.17, 15) is 13.2 Å². The minimum absolute atomic E-state index is 0.109. The van der Waals surface area contributed by atoms with Gasteiger partial charge in [0.05, 0.1) is 4.90 Å². The Labute approximate surface area is 117 Å². The lowest BCUT2D eigenvalue weighted by atomic mass is 10.3. The molecule has 104 valence electrons. The minimum atomic E-state index is -3.47. The van der Waals surface area contributed by atoms with E-state index in [0.717, 1.165) is 0 Å². The molecule has 0 saturated carbocycles. The van der Waals surface area contributed by atoms with Crippen LogP contribution in [0.4, 0.5) is 0 Å². The van der Waals surface area contributed by atoms with Gasteiger partial charge in [-0.1, -0.05) is 18.2 Å². The highest BCUT2D eigenvalue weighted by atomic mass is 35.5. The number of carbonyl (C=O) groups excluding carboxylic acids is 1.